The van der Waals surface area contributed by atoms with Crippen LogP contribution in [-0.2, 0) is 11.3 Å². The third kappa shape index (κ3) is 2.11. The zero-order chi connectivity index (χ0) is 13.4. The van der Waals surface area contributed by atoms with E-state index in [-0.39, 0.29) is 6.23 Å². The summed E-state index contributed by atoms with van der Waals surface area (Å²) >= 11 is 1.98. The van der Waals surface area contributed by atoms with Gasteiger partial charge in [-0.2, -0.15) is 0 Å². The summed E-state index contributed by atoms with van der Waals surface area (Å²) in [6.45, 7) is 1.79. The average Bonchev–Trinajstić information content (AvgIpc) is 2.96. The molecule has 1 fully saturated rings. The van der Waals surface area contributed by atoms with Gasteiger partial charge in [0.05, 0.1) is 17.5 Å². The Balaban J connectivity index is 1.71. The average molecular weight is 283 g/mol. The van der Waals surface area contributed by atoms with E-state index in [4.69, 9.17) is 4.74 Å². The zero-order valence-corrected chi connectivity index (χ0v) is 12.1. The highest BCUT2D eigenvalue weighted by Crippen LogP contribution is 2.45. The molecular weight excluding hydrogens is 266 g/mol. The molecule has 102 valence electrons. The summed E-state index contributed by atoms with van der Waals surface area (Å²) in [4.78, 5) is 3.81. The number of nitrogens with zero attached hydrogens (tertiary/aromatic N) is 1. The third-order valence-corrected chi connectivity index (χ3v) is 5.34. The number of anilines is 1. The summed E-state index contributed by atoms with van der Waals surface area (Å²) in [7, 11) is 0. The number of para-hydroxylation sites is 1. The Morgan fingerprint density at radius 2 is 1.85 bits per heavy atom. The second-order valence-electron chi connectivity index (χ2n) is 5.29. The van der Waals surface area contributed by atoms with Crippen molar-refractivity contribution in [1.82, 2.24) is 0 Å². The number of thioether (sulfide) groups is 1. The first-order valence-electron chi connectivity index (χ1n) is 7.10. The van der Waals surface area contributed by atoms with E-state index in [0.29, 0.717) is 5.25 Å². The Morgan fingerprint density at radius 3 is 2.75 bits per heavy atom. The largest absolute Gasteiger partial charge is 0.357 e. The van der Waals surface area contributed by atoms with Gasteiger partial charge in [-0.1, -0.05) is 42.5 Å². The molecule has 0 radical (unpaired) electrons. The molecular formula is C17H17NOS. The van der Waals surface area contributed by atoms with Gasteiger partial charge in [-0.15, -0.1) is 11.8 Å². The fraction of sp³-hybridized carbons (Fsp3) is 0.294. The van der Waals surface area contributed by atoms with Crippen LogP contribution in [0, 0.1) is 0 Å². The molecule has 0 unspecified atom stereocenters. The first kappa shape index (κ1) is 12.3. The summed E-state index contributed by atoms with van der Waals surface area (Å²) in [5, 5.41) is 0.564. The molecule has 2 nitrogen and oxygen atoms in total. The van der Waals surface area contributed by atoms with E-state index in [9.17, 15) is 0 Å². The Morgan fingerprint density at radius 1 is 1.05 bits per heavy atom. The van der Waals surface area contributed by atoms with Crippen LogP contribution in [0.1, 0.15) is 12.0 Å². The van der Waals surface area contributed by atoms with Crippen LogP contribution in [0.3, 0.4) is 0 Å². The molecule has 1 saturated heterocycles. The van der Waals surface area contributed by atoms with E-state index >= 15 is 0 Å². The quantitative estimate of drug-likeness (QED) is 0.829. The van der Waals surface area contributed by atoms with Crippen LogP contribution in [-0.4, -0.2) is 18.1 Å². The molecule has 2 aromatic carbocycles. The van der Waals surface area contributed by atoms with Crippen LogP contribution in [0.2, 0.25) is 0 Å². The summed E-state index contributed by atoms with van der Waals surface area (Å²) in [5.74, 6) is 0. The number of hydrogen-bond acceptors (Lipinski definition) is 3. The van der Waals surface area contributed by atoms with Crippen molar-refractivity contribution in [2.24, 2.45) is 0 Å². The molecule has 0 aromatic heterocycles. The second-order valence-corrected chi connectivity index (χ2v) is 6.57. The molecule has 0 amide bonds. The van der Waals surface area contributed by atoms with Crippen molar-refractivity contribution in [2.75, 3.05) is 11.5 Å². The Bertz CT molecular complexity index is 601. The monoisotopic (exact) mass is 283 g/mol. The summed E-state index contributed by atoms with van der Waals surface area (Å²) < 4.78 is 6.00. The van der Waals surface area contributed by atoms with Gasteiger partial charge in [0.15, 0.2) is 0 Å². The van der Waals surface area contributed by atoms with Gasteiger partial charge in [-0.3, -0.25) is 0 Å². The van der Waals surface area contributed by atoms with Crippen molar-refractivity contribution in [2.45, 2.75) is 29.3 Å². The molecule has 0 saturated carbocycles. The molecule has 0 bridgehead atoms. The lowest BCUT2D eigenvalue weighted by molar-refractivity contribution is 0.107. The van der Waals surface area contributed by atoms with Gasteiger partial charge in [0.2, 0.25) is 0 Å². The van der Waals surface area contributed by atoms with Crippen LogP contribution in [0.25, 0.3) is 0 Å². The first-order chi connectivity index (χ1) is 9.92. The minimum atomic E-state index is 0.218. The van der Waals surface area contributed by atoms with Crippen molar-refractivity contribution < 1.29 is 4.74 Å². The molecule has 2 aliphatic rings. The minimum Gasteiger partial charge on any atom is -0.357 e. The molecule has 2 aromatic rings. The van der Waals surface area contributed by atoms with Gasteiger partial charge in [0, 0.05) is 11.4 Å². The van der Waals surface area contributed by atoms with Gasteiger partial charge >= 0.3 is 0 Å². The maximum absolute atomic E-state index is 6.00. The van der Waals surface area contributed by atoms with Gasteiger partial charge < -0.3 is 9.64 Å². The molecule has 0 N–H and O–H groups in total. The van der Waals surface area contributed by atoms with Gasteiger partial charge in [0.1, 0.15) is 6.23 Å². The summed E-state index contributed by atoms with van der Waals surface area (Å²) in [5.41, 5.74) is 2.65. The van der Waals surface area contributed by atoms with Crippen LogP contribution in [0.15, 0.2) is 59.5 Å². The SMILES string of the molecule is c1ccc(CN2c3ccccc3S[C@H]3CCO[C@@H]32)cc1. The van der Waals surface area contributed by atoms with E-state index in [0.717, 1.165) is 19.6 Å². The van der Waals surface area contributed by atoms with Gasteiger partial charge in [-0.25, -0.2) is 0 Å². The highest BCUT2D eigenvalue weighted by atomic mass is 32.2. The van der Waals surface area contributed by atoms with Crippen molar-refractivity contribution >= 4 is 17.4 Å². The highest BCUT2D eigenvalue weighted by Gasteiger charge is 2.39. The lowest BCUT2D eigenvalue weighted by Crippen LogP contribution is -2.42. The Labute approximate surface area is 123 Å². The fourth-order valence-electron chi connectivity index (χ4n) is 3.01. The lowest BCUT2D eigenvalue weighted by atomic mass is 10.1. The van der Waals surface area contributed by atoms with Crippen LogP contribution >= 0.6 is 11.8 Å². The molecule has 2 heterocycles. The van der Waals surface area contributed by atoms with Gasteiger partial charge in [-0.05, 0) is 24.1 Å². The summed E-state index contributed by atoms with van der Waals surface area (Å²) in [6, 6.07) is 19.3. The highest BCUT2D eigenvalue weighted by molar-refractivity contribution is 8.00. The van der Waals surface area contributed by atoms with E-state index in [2.05, 4.69) is 59.5 Å². The minimum absolute atomic E-state index is 0.218. The number of fused-ring (bicyclic) bond motifs is 2. The number of benzene rings is 2. The molecule has 3 heteroatoms. The summed E-state index contributed by atoms with van der Waals surface area (Å²) in [6.07, 6.45) is 1.37. The second kappa shape index (κ2) is 5.15. The topological polar surface area (TPSA) is 12.5 Å². The number of ether oxygens (including phenoxy) is 1. The molecule has 0 spiro atoms. The first-order valence-corrected chi connectivity index (χ1v) is 7.98. The van der Waals surface area contributed by atoms with Crippen molar-refractivity contribution in [3.63, 3.8) is 0 Å². The van der Waals surface area contributed by atoms with Crippen LogP contribution in [0.4, 0.5) is 5.69 Å². The standard InChI is InChI=1S/C17H17NOS/c1-2-6-13(7-3-1)12-18-14-8-4-5-9-15(14)20-16-10-11-19-17(16)18/h1-9,16-17H,10-12H2/t16-,17-/m0/s1. The Kier molecular flexibility index (Phi) is 3.17. The van der Waals surface area contributed by atoms with Gasteiger partial charge in [0.25, 0.3) is 0 Å². The maximum atomic E-state index is 6.00. The normalized spacial score (nSPS) is 24.3. The van der Waals surface area contributed by atoms with E-state index in [1.807, 2.05) is 11.8 Å². The molecule has 0 aliphatic carbocycles. The van der Waals surface area contributed by atoms with Crippen molar-refractivity contribution in [3.8, 4) is 0 Å². The number of hydrogen-bond donors (Lipinski definition) is 0. The third-order valence-electron chi connectivity index (χ3n) is 3.96. The fourth-order valence-corrected chi connectivity index (χ4v) is 4.36. The van der Waals surface area contributed by atoms with Crippen LogP contribution < -0.4 is 4.90 Å². The molecule has 2 aliphatic heterocycles. The van der Waals surface area contributed by atoms with E-state index < -0.39 is 0 Å². The van der Waals surface area contributed by atoms with E-state index in [1.165, 1.54) is 16.1 Å². The molecule has 20 heavy (non-hydrogen) atoms. The zero-order valence-electron chi connectivity index (χ0n) is 11.2. The predicted molar refractivity (Wildman–Crippen MR) is 83.1 cm³/mol. The lowest BCUT2D eigenvalue weighted by Gasteiger charge is -2.39. The number of rotatable bonds is 2. The van der Waals surface area contributed by atoms with Crippen LogP contribution in [0.5, 0.6) is 0 Å². The Hall–Kier alpha value is -1.45. The van der Waals surface area contributed by atoms with Crippen molar-refractivity contribution in [3.05, 3.63) is 60.2 Å². The maximum Gasteiger partial charge on any atom is 0.142 e. The van der Waals surface area contributed by atoms with Crippen molar-refractivity contribution in [1.29, 1.82) is 0 Å². The van der Waals surface area contributed by atoms with E-state index in [1.54, 1.807) is 0 Å². The smallest absolute Gasteiger partial charge is 0.142 e. The predicted octanol–water partition coefficient (Wildman–Crippen LogP) is 3.91. The molecule has 4 rings (SSSR count). The molecule has 2 atom stereocenters.